The zero-order chi connectivity index (χ0) is 20.9. The second-order valence-corrected chi connectivity index (χ2v) is 7.57. The number of para-hydroxylation sites is 1. The number of rotatable bonds is 6. The first-order valence-electron chi connectivity index (χ1n) is 10.5. The zero-order valence-corrected chi connectivity index (χ0v) is 17.1. The molecule has 0 atom stereocenters. The molecular formula is C24H23N5O2. The molecule has 1 aliphatic rings. The number of piperidine rings is 1. The van der Waals surface area contributed by atoms with Crippen LogP contribution in [0.2, 0.25) is 0 Å². The van der Waals surface area contributed by atoms with Crippen LogP contribution in [-0.4, -0.2) is 39.5 Å². The van der Waals surface area contributed by atoms with Crippen LogP contribution in [0.25, 0.3) is 11.6 Å². The predicted octanol–water partition coefficient (Wildman–Crippen LogP) is 4.17. The van der Waals surface area contributed by atoms with E-state index in [0.29, 0.717) is 23.8 Å². The second-order valence-electron chi connectivity index (χ2n) is 7.57. The van der Waals surface area contributed by atoms with E-state index in [1.165, 1.54) is 0 Å². The Hall–Kier alpha value is -3.74. The van der Waals surface area contributed by atoms with Crippen LogP contribution in [0.15, 0.2) is 77.3 Å². The average Bonchev–Trinajstić information content (AvgIpc) is 3.30. The van der Waals surface area contributed by atoms with Crippen molar-refractivity contribution < 1.29 is 9.26 Å². The van der Waals surface area contributed by atoms with Crippen LogP contribution < -0.4 is 9.64 Å². The number of benzene rings is 2. The highest BCUT2D eigenvalue weighted by molar-refractivity contribution is 5.49. The van der Waals surface area contributed by atoms with Gasteiger partial charge in [0.15, 0.2) is 17.3 Å². The molecule has 2 aromatic heterocycles. The predicted molar refractivity (Wildman–Crippen MR) is 117 cm³/mol. The summed E-state index contributed by atoms with van der Waals surface area (Å²) < 4.78 is 11.5. The largest absolute Gasteiger partial charge is 0.490 e. The molecule has 0 radical (unpaired) electrons. The fourth-order valence-corrected chi connectivity index (χ4v) is 3.71. The number of nitrogens with zero attached hydrogens (tertiary/aromatic N) is 5. The first kappa shape index (κ1) is 19.2. The molecule has 0 unspecified atom stereocenters. The maximum absolute atomic E-state index is 6.07. The Morgan fingerprint density at radius 1 is 0.871 bits per heavy atom. The topological polar surface area (TPSA) is 77.2 Å². The van der Waals surface area contributed by atoms with Gasteiger partial charge in [-0.1, -0.05) is 53.7 Å². The Bertz CT molecular complexity index is 1090. The van der Waals surface area contributed by atoms with Crippen molar-refractivity contribution in [3.8, 4) is 17.3 Å². The molecule has 3 heterocycles. The van der Waals surface area contributed by atoms with Gasteiger partial charge >= 0.3 is 0 Å². The van der Waals surface area contributed by atoms with Crippen molar-refractivity contribution in [3.63, 3.8) is 0 Å². The number of hydrogen-bond acceptors (Lipinski definition) is 7. The molecule has 0 spiro atoms. The molecular weight excluding hydrogens is 390 g/mol. The lowest BCUT2D eigenvalue weighted by Gasteiger charge is -2.32. The summed E-state index contributed by atoms with van der Waals surface area (Å²) in [5.74, 6) is 2.80. The minimum Gasteiger partial charge on any atom is -0.490 e. The van der Waals surface area contributed by atoms with E-state index in [1.54, 1.807) is 0 Å². The SMILES string of the molecule is c1ccc(Cc2noc(-c3ccc(N4CCC(Oc5ccccc5)CC4)nn3)n2)cc1. The summed E-state index contributed by atoms with van der Waals surface area (Å²) in [6.07, 6.45) is 2.75. The molecule has 0 bridgehead atoms. The first-order valence-corrected chi connectivity index (χ1v) is 10.5. The van der Waals surface area contributed by atoms with Gasteiger partial charge in [-0.2, -0.15) is 4.98 Å². The van der Waals surface area contributed by atoms with Gasteiger partial charge in [-0.3, -0.25) is 0 Å². The van der Waals surface area contributed by atoms with Crippen molar-refractivity contribution in [2.75, 3.05) is 18.0 Å². The van der Waals surface area contributed by atoms with Crippen molar-refractivity contribution in [2.24, 2.45) is 0 Å². The zero-order valence-electron chi connectivity index (χ0n) is 17.1. The Kier molecular flexibility index (Phi) is 5.56. The number of anilines is 1. The summed E-state index contributed by atoms with van der Waals surface area (Å²) in [6.45, 7) is 1.76. The molecule has 0 saturated carbocycles. The highest BCUT2D eigenvalue weighted by Crippen LogP contribution is 2.23. The van der Waals surface area contributed by atoms with Gasteiger partial charge in [0.05, 0.1) is 0 Å². The van der Waals surface area contributed by atoms with Crippen LogP contribution in [0.3, 0.4) is 0 Å². The Morgan fingerprint density at radius 2 is 1.61 bits per heavy atom. The number of aromatic nitrogens is 4. The summed E-state index contributed by atoms with van der Waals surface area (Å²) in [7, 11) is 0. The lowest BCUT2D eigenvalue weighted by Crippen LogP contribution is -2.38. The molecule has 7 heteroatoms. The van der Waals surface area contributed by atoms with E-state index in [9.17, 15) is 0 Å². The minimum absolute atomic E-state index is 0.229. The van der Waals surface area contributed by atoms with E-state index in [4.69, 9.17) is 9.26 Å². The van der Waals surface area contributed by atoms with Crippen LogP contribution in [0.4, 0.5) is 5.82 Å². The molecule has 0 amide bonds. The van der Waals surface area contributed by atoms with Gasteiger partial charge in [-0.15, -0.1) is 10.2 Å². The second kappa shape index (κ2) is 8.95. The van der Waals surface area contributed by atoms with Gasteiger partial charge in [0.2, 0.25) is 0 Å². The quantitative estimate of drug-likeness (QED) is 0.470. The summed E-state index contributed by atoms with van der Waals surface area (Å²) in [5, 5.41) is 12.8. The first-order chi connectivity index (χ1) is 15.3. The standard InChI is InChI=1S/C24H23N5O2/c1-3-7-18(8-4-1)17-22-25-24(31-28-22)21-11-12-23(27-26-21)29-15-13-20(14-16-29)30-19-9-5-2-6-10-19/h1-12,20H,13-17H2. The molecule has 5 rings (SSSR count). The van der Waals surface area contributed by atoms with Crippen LogP contribution in [0.5, 0.6) is 5.75 Å². The van der Waals surface area contributed by atoms with Gasteiger partial charge in [-0.05, 0) is 29.8 Å². The van der Waals surface area contributed by atoms with E-state index < -0.39 is 0 Å². The van der Waals surface area contributed by atoms with Gasteiger partial charge in [0.25, 0.3) is 5.89 Å². The molecule has 31 heavy (non-hydrogen) atoms. The van der Waals surface area contributed by atoms with Crippen LogP contribution in [0.1, 0.15) is 24.2 Å². The third-order valence-corrected chi connectivity index (χ3v) is 5.35. The smallest absolute Gasteiger partial charge is 0.278 e. The Balaban J connectivity index is 1.18. The fraction of sp³-hybridized carbons (Fsp3) is 0.250. The molecule has 156 valence electrons. The molecule has 1 aliphatic heterocycles. The number of ether oxygens (including phenoxy) is 1. The van der Waals surface area contributed by atoms with Crippen molar-refractivity contribution in [1.82, 2.24) is 20.3 Å². The molecule has 0 aliphatic carbocycles. The van der Waals surface area contributed by atoms with Gasteiger partial charge < -0.3 is 14.2 Å². The van der Waals surface area contributed by atoms with Crippen LogP contribution in [-0.2, 0) is 6.42 Å². The highest BCUT2D eigenvalue weighted by Gasteiger charge is 2.22. The molecule has 4 aromatic rings. The van der Waals surface area contributed by atoms with E-state index >= 15 is 0 Å². The molecule has 2 aromatic carbocycles. The lowest BCUT2D eigenvalue weighted by molar-refractivity contribution is 0.170. The Morgan fingerprint density at radius 3 is 2.32 bits per heavy atom. The summed E-state index contributed by atoms with van der Waals surface area (Å²) in [6, 6.07) is 23.9. The van der Waals surface area contributed by atoms with Crippen LogP contribution in [0, 0.1) is 0 Å². The summed E-state index contributed by atoms with van der Waals surface area (Å²) in [5.41, 5.74) is 1.72. The molecule has 7 nitrogen and oxygen atoms in total. The van der Waals surface area contributed by atoms with Gasteiger partial charge in [-0.25, -0.2) is 0 Å². The third kappa shape index (κ3) is 4.71. The Labute approximate surface area is 180 Å². The van der Waals surface area contributed by atoms with E-state index in [0.717, 1.165) is 43.1 Å². The van der Waals surface area contributed by atoms with Crippen molar-refractivity contribution in [3.05, 3.63) is 84.2 Å². The third-order valence-electron chi connectivity index (χ3n) is 5.35. The average molecular weight is 413 g/mol. The van der Waals surface area contributed by atoms with E-state index in [-0.39, 0.29) is 6.10 Å². The number of hydrogen-bond donors (Lipinski definition) is 0. The fourth-order valence-electron chi connectivity index (χ4n) is 3.71. The van der Waals surface area contributed by atoms with Crippen molar-refractivity contribution in [1.29, 1.82) is 0 Å². The monoisotopic (exact) mass is 413 g/mol. The maximum Gasteiger partial charge on any atom is 0.278 e. The normalized spacial score (nSPS) is 14.5. The molecule has 1 saturated heterocycles. The maximum atomic E-state index is 6.07. The van der Waals surface area contributed by atoms with Crippen molar-refractivity contribution in [2.45, 2.75) is 25.4 Å². The summed E-state index contributed by atoms with van der Waals surface area (Å²) >= 11 is 0. The summed E-state index contributed by atoms with van der Waals surface area (Å²) in [4.78, 5) is 6.69. The van der Waals surface area contributed by atoms with Gasteiger partial charge in [0.1, 0.15) is 11.9 Å². The van der Waals surface area contributed by atoms with E-state index in [1.807, 2.05) is 72.8 Å². The van der Waals surface area contributed by atoms with Gasteiger partial charge in [0, 0.05) is 32.4 Å². The van der Waals surface area contributed by atoms with Crippen molar-refractivity contribution >= 4 is 5.82 Å². The van der Waals surface area contributed by atoms with Crippen LogP contribution >= 0.6 is 0 Å². The molecule has 1 fully saturated rings. The highest BCUT2D eigenvalue weighted by atomic mass is 16.5. The van der Waals surface area contributed by atoms with E-state index in [2.05, 4.69) is 25.2 Å². The minimum atomic E-state index is 0.229. The lowest BCUT2D eigenvalue weighted by atomic mass is 10.1. The molecule has 0 N–H and O–H groups in total.